The molecule has 0 aliphatic carbocycles. The van der Waals surface area contributed by atoms with E-state index < -0.39 is 0 Å². The molecule has 0 saturated carbocycles. The molecule has 7 nitrogen and oxygen atoms in total. The Kier molecular flexibility index (Phi) is 6.77. The molecule has 1 aromatic carbocycles. The molecule has 29 heavy (non-hydrogen) atoms. The molecule has 0 radical (unpaired) electrons. The number of fused-ring (bicyclic) bond motifs is 1. The van der Waals surface area contributed by atoms with Gasteiger partial charge in [-0.25, -0.2) is 4.63 Å². The fourth-order valence-corrected chi connectivity index (χ4v) is 4.82. The van der Waals surface area contributed by atoms with Gasteiger partial charge in [-0.1, -0.05) is 13.0 Å². The highest BCUT2D eigenvalue weighted by Crippen LogP contribution is 2.24. The highest BCUT2D eigenvalue weighted by molar-refractivity contribution is 5.75. The van der Waals surface area contributed by atoms with Crippen LogP contribution in [0.3, 0.4) is 0 Å². The lowest BCUT2D eigenvalue weighted by Crippen LogP contribution is -2.40. The van der Waals surface area contributed by atoms with Crippen LogP contribution in [0.2, 0.25) is 0 Å². The summed E-state index contributed by atoms with van der Waals surface area (Å²) < 4.78 is 4.78. The Balaban J connectivity index is 1.14. The van der Waals surface area contributed by atoms with Crippen molar-refractivity contribution in [1.29, 1.82) is 0 Å². The Labute approximate surface area is 172 Å². The summed E-state index contributed by atoms with van der Waals surface area (Å²) in [4.78, 5) is 17.2. The van der Waals surface area contributed by atoms with E-state index in [1.807, 2.05) is 6.07 Å². The Morgan fingerprint density at radius 1 is 1.17 bits per heavy atom. The van der Waals surface area contributed by atoms with E-state index in [4.69, 9.17) is 4.63 Å². The third-order valence-corrected chi connectivity index (χ3v) is 6.65. The van der Waals surface area contributed by atoms with Gasteiger partial charge >= 0.3 is 0 Å². The van der Waals surface area contributed by atoms with Crippen molar-refractivity contribution in [2.24, 2.45) is 5.92 Å². The second-order valence-corrected chi connectivity index (χ2v) is 8.57. The van der Waals surface area contributed by atoms with E-state index in [0.717, 1.165) is 50.2 Å². The highest BCUT2D eigenvalue weighted by Gasteiger charge is 2.24. The summed E-state index contributed by atoms with van der Waals surface area (Å²) in [7, 11) is 0. The molecule has 7 heteroatoms. The van der Waals surface area contributed by atoms with Gasteiger partial charge in [0, 0.05) is 25.6 Å². The molecule has 1 atom stereocenters. The summed E-state index contributed by atoms with van der Waals surface area (Å²) in [6, 6.07) is 6.68. The monoisotopic (exact) mass is 399 g/mol. The minimum atomic E-state index is 0.227. The molecule has 4 rings (SSSR count). The van der Waals surface area contributed by atoms with Crippen molar-refractivity contribution in [1.82, 2.24) is 25.4 Å². The first kappa shape index (κ1) is 20.3. The Bertz CT molecular complexity index is 799. The molecule has 2 saturated heterocycles. The number of benzene rings is 1. The summed E-state index contributed by atoms with van der Waals surface area (Å²) in [5.41, 5.74) is 2.88. The first-order valence-corrected chi connectivity index (χ1v) is 11.2. The van der Waals surface area contributed by atoms with Gasteiger partial charge in [0.2, 0.25) is 5.91 Å². The number of likely N-dealkylation sites (N-methyl/N-ethyl adjacent to an activating group) is 1. The molecule has 1 N–H and O–H groups in total. The van der Waals surface area contributed by atoms with Crippen LogP contribution in [-0.4, -0.2) is 64.8 Å². The van der Waals surface area contributed by atoms with Crippen LogP contribution in [0.1, 0.15) is 51.0 Å². The normalized spacial score (nSPS) is 21.8. The van der Waals surface area contributed by atoms with Crippen LogP contribution in [0.25, 0.3) is 11.0 Å². The van der Waals surface area contributed by atoms with Crippen molar-refractivity contribution < 1.29 is 9.42 Å². The minimum absolute atomic E-state index is 0.227. The number of aromatic nitrogens is 2. The zero-order valence-corrected chi connectivity index (χ0v) is 17.5. The maximum absolute atomic E-state index is 12.3. The van der Waals surface area contributed by atoms with E-state index in [1.54, 1.807) is 0 Å². The van der Waals surface area contributed by atoms with Gasteiger partial charge in [0.25, 0.3) is 0 Å². The first-order chi connectivity index (χ1) is 14.2. The average Bonchev–Trinajstić information content (AvgIpc) is 3.40. The lowest BCUT2D eigenvalue weighted by Gasteiger charge is -2.32. The van der Waals surface area contributed by atoms with Gasteiger partial charge < -0.3 is 5.32 Å². The largest absolute Gasteiger partial charge is 0.355 e. The van der Waals surface area contributed by atoms with E-state index >= 15 is 0 Å². The minimum Gasteiger partial charge on any atom is -0.355 e. The fraction of sp³-hybridized carbons (Fsp3) is 0.682. The van der Waals surface area contributed by atoms with Gasteiger partial charge in [0.15, 0.2) is 0 Å². The van der Waals surface area contributed by atoms with Crippen LogP contribution in [0.15, 0.2) is 22.8 Å². The number of rotatable bonds is 8. The lowest BCUT2D eigenvalue weighted by molar-refractivity contribution is -0.121. The van der Waals surface area contributed by atoms with Crippen molar-refractivity contribution in [3.8, 4) is 0 Å². The van der Waals surface area contributed by atoms with E-state index in [0.29, 0.717) is 18.4 Å². The molecular formula is C22H33N5O2. The fourth-order valence-electron chi connectivity index (χ4n) is 4.82. The maximum atomic E-state index is 12.3. The maximum Gasteiger partial charge on any atom is 0.220 e. The van der Waals surface area contributed by atoms with Crippen LogP contribution >= 0.6 is 0 Å². The first-order valence-electron chi connectivity index (χ1n) is 11.2. The van der Waals surface area contributed by atoms with E-state index in [-0.39, 0.29) is 5.91 Å². The molecule has 2 fully saturated rings. The molecule has 1 amide bonds. The van der Waals surface area contributed by atoms with Gasteiger partial charge in [-0.05, 0) is 92.2 Å². The van der Waals surface area contributed by atoms with Crippen LogP contribution < -0.4 is 5.32 Å². The number of hydrogen-bond donors (Lipinski definition) is 1. The van der Waals surface area contributed by atoms with Crippen LogP contribution in [0, 0.1) is 5.92 Å². The summed E-state index contributed by atoms with van der Waals surface area (Å²) in [5.74, 6) is 0.891. The molecule has 0 bridgehead atoms. The molecule has 0 spiro atoms. The van der Waals surface area contributed by atoms with Crippen molar-refractivity contribution in [3.63, 3.8) is 0 Å². The molecule has 0 unspecified atom stereocenters. The number of carbonyl (C=O) groups is 1. The summed E-state index contributed by atoms with van der Waals surface area (Å²) in [6.45, 7) is 8.41. The van der Waals surface area contributed by atoms with Crippen molar-refractivity contribution in [2.75, 3.05) is 32.7 Å². The average molecular weight is 400 g/mol. The standard InChI is InChI=1S/C22H33N5O2/c1-2-27-11-3-4-19(27)15-23-22(28)8-6-17-9-12-26(13-10-17)16-18-5-7-20-21(14-18)25-29-24-20/h5,7,14,17,19H,2-4,6,8-13,15-16H2,1H3,(H,23,28)/t19-/m0/s1. The number of piperidine rings is 1. The van der Waals surface area contributed by atoms with Gasteiger partial charge in [-0.15, -0.1) is 0 Å². The molecule has 158 valence electrons. The molecule has 2 aromatic rings. The molecule has 2 aliphatic rings. The zero-order chi connectivity index (χ0) is 20.1. The number of amides is 1. The second-order valence-electron chi connectivity index (χ2n) is 8.57. The highest BCUT2D eigenvalue weighted by atomic mass is 16.6. The zero-order valence-electron chi connectivity index (χ0n) is 17.5. The topological polar surface area (TPSA) is 74.5 Å². The molecule has 2 aliphatic heterocycles. The van der Waals surface area contributed by atoms with Gasteiger partial charge in [-0.3, -0.25) is 14.6 Å². The van der Waals surface area contributed by atoms with Crippen LogP contribution in [-0.2, 0) is 11.3 Å². The van der Waals surface area contributed by atoms with Crippen molar-refractivity contribution in [2.45, 2.75) is 58.0 Å². The summed E-state index contributed by atoms with van der Waals surface area (Å²) >= 11 is 0. The predicted octanol–water partition coefficient (Wildman–Crippen LogP) is 2.82. The predicted molar refractivity (Wildman–Crippen MR) is 112 cm³/mol. The molecule has 1 aromatic heterocycles. The van der Waals surface area contributed by atoms with Crippen LogP contribution in [0.4, 0.5) is 0 Å². The van der Waals surface area contributed by atoms with E-state index in [9.17, 15) is 4.79 Å². The Morgan fingerprint density at radius 3 is 2.83 bits per heavy atom. The summed E-state index contributed by atoms with van der Waals surface area (Å²) in [6.07, 6.45) is 6.50. The van der Waals surface area contributed by atoms with Gasteiger partial charge in [0.1, 0.15) is 11.0 Å². The van der Waals surface area contributed by atoms with E-state index in [1.165, 1.54) is 37.8 Å². The third kappa shape index (κ3) is 5.34. The number of hydrogen-bond acceptors (Lipinski definition) is 6. The number of nitrogens with zero attached hydrogens (tertiary/aromatic N) is 4. The lowest BCUT2D eigenvalue weighted by atomic mass is 9.92. The Morgan fingerprint density at radius 2 is 2.00 bits per heavy atom. The Hall–Kier alpha value is -1.99. The second kappa shape index (κ2) is 9.67. The smallest absolute Gasteiger partial charge is 0.220 e. The number of likely N-dealkylation sites (tertiary alicyclic amines) is 2. The van der Waals surface area contributed by atoms with Crippen LogP contribution in [0.5, 0.6) is 0 Å². The number of carbonyl (C=O) groups excluding carboxylic acids is 1. The van der Waals surface area contributed by atoms with Gasteiger partial charge in [0.05, 0.1) is 0 Å². The van der Waals surface area contributed by atoms with Gasteiger partial charge in [-0.2, -0.15) is 0 Å². The third-order valence-electron chi connectivity index (χ3n) is 6.65. The van der Waals surface area contributed by atoms with Crippen molar-refractivity contribution in [3.05, 3.63) is 23.8 Å². The quantitative estimate of drug-likeness (QED) is 0.736. The SMILES string of the molecule is CCN1CCC[C@H]1CNC(=O)CCC1CCN(Cc2ccc3nonc3c2)CC1. The summed E-state index contributed by atoms with van der Waals surface area (Å²) in [5, 5.41) is 11.0. The molecular weight excluding hydrogens is 366 g/mol. The molecule has 3 heterocycles. The van der Waals surface area contributed by atoms with E-state index in [2.05, 4.69) is 44.5 Å². The van der Waals surface area contributed by atoms with Crippen molar-refractivity contribution >= 4 is 16.9 Å². The number of nitrogens with one attached hydrogen (secondary N) is 1.